The lowest BCUT2D eigenvalue weighted by Crippen LogP contribution is -2.32. The summed E-state index contributed by atoms with van der Waals surface area (Å²) < 4.78 is 44.0. The van der Waals surface area contributed by atoms with Crippen LogP contribution < -0.4 is 13.7 Å². The molecule has 1 fully saturated rings. The Balaban J connectivity index is 1.75. The highest BCUT2D eigenvalue weighted by Crippen LogP contribution is 2.56. The quantitative estimate of drug-likeness (QED) is 0.605. The molecule has 4 rings (SSSR count). The second-order valence-corrected chi connectivity index (χ2v) is 7.35. The second kappa shape index (κ2) is 5.21. The van der Waals surface area contributed by atoms with Crippen molar-refractivity contribution in [3.63, 3.8) is 0 Å². The first-order valence-corrected chi connectivity index (χ1v) is 9.23. The van der Waals surface area contributed by atoms with Gasteiger partial charge < -0.3 is 18.4 Å². The van der Waals surface area contributed by atoms with Crippen LogP contribution in [0.15, 0.2) is 42.5 Å². The number of carbonyl (C=O) groups is 1. The van der Waals surface area contributed by atoms with Crippen LogP contribution in [0.3, 0.4) is 0 Å². The number of carbonyl (C=O) groups excluding carboxylic acids is 1. The summed E-state index contributed by atoms with van der Waals surface area (Å²) in [4.78, 5) is 13.0. The van der Waals surface area contributed by atoms with E-state index in [-0.39, 0.29) is 17.3 Å². The van der Waals surface area contributed by atoms with Crippen molar-refractivity contribution >= 4 is 15.9 Å². The smallest absolute Gasteiger partial charge is 0.306 e. The lowest BCUT2D eigenvalue weighted by atomic mass is 9.87. The molecule has 0 aromatic heterocycles. The largest absolute Gasteiger partial charge is 0.496 e. The monoisotopic (exact) mass is 362 g/mol. The van der Waals surface area contributed by atoms with Crippen LogP contribution in [0, 0.1) is 0 Å². The minimum Gasteiger partial charge on any atom is -0.496 e. The molecule has 130 valence electrons. The van der Waals surface area contributed by atoms with E-state index in [9.17, 15) is 13.2 Å². The van der Waals surface area contributed by atoms with Crippen LogP contribution in [0.25, 0.3) is 0 Å². The van der Waals surface area contributed by atoms with E-state index in [1.54, 1.807) is 24.3 Å². The van der Waals surface area contributed by atoms with Gasteiger partial charge >= 0.3 is 10.1 Å². The molecule has 2 unspecified atom stereocenters. The van der Waals surface area contributed by atoms with Gasteiger partial charge in [0.15, 0.2) is 0 Å². The second-order valence-electron chi connectivity index (χ2n) is 5.78. The highest BCUT2D eigenvalue weighted by molar-refractivity contribution is 7.86. The van der Waals surface area contributed by atoms with E-state index < -0.39 is 22.0 Å². The molecule has 0 saturated carbocycles. The summed E-state index contributed by atoms with van der Waals surface area (Å²) in [6.45, 7) is 0. The Bertz CT molecular complexity index is 982. The molecular formula is C17H14O7S. The molecule has 0 spiro atoms. The maximum atomic E-state index is 13.0. The maximum Gasteiger partial charge on any atom is 0.306 e. The average Bonchev–Trinajstić information content (AvgIpc) is 3.29. The number of hydrogen-bond acceptors (Lipinski definition) is 7. The molecule has 0 amide bonds. The number of Topliss-reactive ketones (excluding diaryl/α,β-unsaturated/α-hetero) is 1. The third-order valence-electron chi connectivity index (χ3n) is 4.09. The van der Waals surface area contributed by atoms with Crippen molar-refractivity contribution in [3.05, 3.63) is 53.6 Å². The van der Waals surface area contributed by atoms with Gasteiger partial charge in [0.05, 0.1) is 18.9 Å². The van der Waals surface area contributed by atoms with Crippen molar-refractivity contribution in [2.24, 2.45) is 0 Å². The number of rotatable bonds is 4. The van der Waals surface area contributed by atoms with Crippen molar-refractivity contribution in [2.45, 2.75) is 11.9 Å². The Hall–Kier alpha value is -2.58. The molecule has 2 heterocycles. The van der Waals surface area contributed by atoms with Crippen LogP contribution in [0.4, 0.5) is 0 Å². The molecule has 1 saturated heterocycles. The Morgan fingerprint density at radius 1 is 1.16 bits per heavy atom. The van der Waals surface area contributed by atoms with E-state index in [0.29, 0.717) is 16.9 Å². The molecule has 7 nitrogen and oxygen atoms in total. The van der Waals surface area contributed by atoms with Crippen LogP contribution in [-0.4, -0.2) is 33.9 Å². The summed E-state index contributed by atoms with van der Waals surface area (Å²) in [5.41, 5.74) is -0.353. The maximum absolute atomic E-state index is 13.0. The number of ether oxygens (including phenoxy) is 3. The highest BCUT2D eigenvalue weighted by atomic mass is 32.2. The van der Waals surface area contributed by atoms with Gasteiger partial charge in [-0.05, 0) is 18.2 Å². The zero-order chi connectivity index (χ0) is 17.8. The molecule has 25 heavy (non-hydrogen) atoms. The van der Waals surface area contributed by atoms with E-state index in [1.165, 1.54) is 25.3 Å². The summed E-state index contributed by atoms with van der Waals surface area (Å²) in [6, 6.07) is 11.3. The summed E-state index contributed by atoms with van der Waals surface area (Å²) in [7, 11) is -2.16. The normalized spacial score (nSPS) is 23.9. The number of methoxy groups -OCH3 is 1. The van der Waals surface area contributed by atoms with E-state index in [1.807, 2.05) is 0 Å². The fraction of sp³-hybridized carbons (Fsp3) is 0.235. The summed E-state index contributed by atoms with van der Waals surface area (Å²) in [6.07, 6.45) is 0.145. The predicted octanol–water partition coefficient (Wildman–Crippen LogP) is 1.86. The molecule has 2 aliphatic rings. The first kappa shape index (κ1) is 15.9. The van der Waals surface area contributed by atoms with Gasteiger partial charge in [-0.3, -0.25) is 4.79 Å². The number of ketones is 1. The topological polar surface area (TPSA) is 91.4 Å². The van der Waals surface area contributed by atoms with Gasteiger partial charge in [0.2, 0.25) is 17.7 Å². The molecule has 0 bridgehead atoms. The Morgan fingerprint density at radius 3 is 2.64 bits per heavy atom. The van der Waals surface area contributed by atoms with Crippen LogP contribution in [0.5, 0.6) is 17.2 Å². The van der Waals surface area contributed by atoms with E-state index in [4.69, 9.17) is 18.4 Å². The van der Waals surface area contributed by atoms with Crippen molar-refractivity contribution in [3.8, 4) is 17.2 Å². The fourth-order valence-corrected chi connectivity index (χ4v) is 3.45. The van der Waals surface area contributed by atoms with E-state index in [0.717, 1.165) is 6.26 Å². The van der Waals surface area contributed by atoms with Gasteiger partial charge in [0, 0.05) is 11.6 Å². The zero-order valence-electron chi connectivity index (χ0n) is 13.4. The number of para-hydroxylation sites is 1. The summed E-state index contributed by atoms with van der Waals surface area (Å²) >= 11 is 0. The van der Waals surface area contributed by atoms with Gasteiger partial charge in [0.1, 0.15) is 17.2 Å². The molecule has 8 heteroatoms. The fourth-order valence-electron chi connectivity index (χ4n) is 3.00. The molecule has 0 N–H and O–H groups in total. The van der Waals surface area contributed by atoms with Crippen molar-refractivity contribution in [1.29, 1.82) is 0 Å². The van der Waals surface area contributed by atoms with Gasteiger partial charge in [-0.15, -0.1) is 0 Å². The number of benzene rings is 2. The number of hydrogen-bond donors (Lipinski definition) is 0. The van der Waals surface area contributed by atoms with Crippen LogP contribution in [-0.2, 0) is 20.5 Å². The molecule has 0 radical (unpaired) electrons. The molecule has 2 atom stereocenters. The predicted molar refractivity (Wildman–Crippen MR) is 86.4 cm³/mol. The Kier molecular flexibility index (Phi) is 3.32. The molecular weight excluding hydrogens is 348 g/mol. The van der Waals surface area contributed by atoms with E-state index >= 15 is 0 Å². The molecule has 0 aliphatic carbocycles. The average molecular weight is 362 g/mol. The summed E-state index contributed by atoms with van der Waals surface area (Å²) in [5.74, 6) is 0.551. The lowest BCUT2D eigenvalue weighted by Gasteiger charge is -2.21. The third-order valence-corrected chi connectivity index (χ3v) is 4.59. The van der Waals surface area contributed by atoms with Gasteiger partial charge in [0.25, 0.3) is 0 Å². The van der Waals surface area contributed by atoms with Crippen LogP contribution in [0.2, 0.25) is 0 Å². The first-order valence-electron chi connectivity index (χ1n) is 7.41. The highest BCUT2D eigenvalue weighted by Gasteiger charge is 2.70. The van der Waals surface area contributed by atoms with Gasteiger partial charge in [-0.1, -0.05) is 18.2 Å². The molecule has 2 aromatic rings. The Morgan fingerprint density at radius 2 is 1.92 bits per heavy atom. The van der Waals surface area contributed by atoms with Crippen LogP contribution >= 0.6 is 0 Å². The summed E-state index contributed by atoms with van der Waals surface area (Å²) in [5, 5.41) is 0. The minimum absolute atomic E-state index is 0.0690. The Labute approximate surface area is 144 Å². The minimum atomic E-state index is -3.67. The molecule has 2 aliphatic heterocycles. The van der Waals surface area contributed by atoms with Gasteiger partial charge in [-0.2, -0.15) is 8.42 Å². The molecule has 2 aromatic carbocycles. The zero-order valence-corrected chi connectivity index (χ0v) is 14.2. The first-order chi connectivity index (χ1) is 11.8. The SMILES string of the molecule is COc1ccccc1C12OC1Oc1cc(OS(C)(=O)=O)ccc1C2=O. The van der Waals surface area contributed by atoms with Gasteiger partial charge in [-0.25, -0.2) is 0 Å². The van der Waals surface area contributed by atoms with Crippen molar-refractivity contribution < 1.29 is 31.6 Å². The third kappa shape index (κ3) is 2.45. The van der Waals surface area contributed by atoms with E-state index in [2.05, 4.69) is 0 Å². The van der Waals surface area contributed by atoms with Crippen molar-refractivity contribution in [2.75, 3.05) is 13.4 Å². The lowest BCUT2D eigenvalue weighted by molar-refractivity contribution is 0.0860. The van der Waals surface area contributed by atoms with Crippen molar-refractivity contribution in [1.82, 2.24) is 0 Å². The standard InChI is InChI=1S/C17H14O7S/c1-21-13-6-4-3-5-12(13)17-15(18)11-8-7-10(24-25(2,19)20)9-14(11)22-16(17)23-17/h3-9,16H,1-2H3. The number of fused-ring (bicyclic) bond motifs is 2. The van der Waals surface area contributed by atoms with Crippen LogP contribution in [0.1, 0.15) is 15.9 Å². The number of epoxide rings is 1.